The maximum absolute atomic E-state index is 14.0. The number of rotatable bonds is 4. The van der Waals surface area contributed by atoms with Crippen LogP contribution in [-0.4, -0.2) is 14.2 Å². The lowest BCUT2D eigenvalue weighted by molar-refractivity contribution is 0.0213. The minimum absolute atomic E-state index is 0.142. The van der Waals surface area contributed by atoms with E-state index in [-0.39, 0.29) is 5.69 Å². The molecule has 0 heterocycles. The zero-order valence-electron chi connectivity index (χ0n) is 10.8. The Bertz CT molecular complexity index is 726. The van der Waals surface area contributed by atoms with Gasteiger partial charge in [-0.2, -0.15) is 0 Å². The van der Waals surface area contributed by atoms with Crippen LogP contribution in [-0.2, 0) is 15.8 Å². The van der Waals surface area contributed by atoms with E-state index in [1.807, 2.05) is 0 Å². The Hall–Kier alpha value is -2.02. The summed E-state index contributed by atoms with van der Waals surface area (Å²) in [6.07, 6.45) is 0. The van der Waals surface area contributed by atoms with E-state index < -0.39 is 37.8 Å². The Balaban J connectivity index is 2.37. The first kappa shape index (κ1) is 15.4. The van der Waals surface area contributed by atoms with Gasteiger partial charge in [-0.25, -0.2) is 21.6 Å². The molecule has 0 atom stereocenters. The Morgan fingerprint density at radius 2 is 1.67 bits per heavy atom. The Morgan fingerprint density at radius 1 is 1.05 bits per heavy atom. The summed E-state index contributed by atoms with van der Waals surface area (Å²) in [5.41, 5.74) is 4.78. The smallest absolute Gasteiger partial charge is 0.287 e. The molecule has 0 spiro atoms. The largest absolute Gasteiger partial charge is 0.399 e. The summed E-state index contributed by atoms with van der Waals surface area (Å²) in [6, 6.07) is 9.12. The minimum Gasteiger partial charge on any atom is -0.399 e. The summed E-state index contributed by atoms with van der Waals surface area (Å²) in [7, 11) is -4.38. The van der Waals surface area contributed by atoms with Crippen molar-refractivity contribution in [3.63, 3.8) is 0 Å². The van der Waals surface area contributed by atoms with Gasteiger partial charge in [-0.1, -0.05) is 30.3 Å². The highest BCUT2D eigenvalue weighted by Gasteiger charge is 2.38. The first-order valence-corrected chi connectivity index (χ1v) is 7.58. The van der Waals surface area contributed by atoms with Crippen LogP contribution in [0, 0.1) is 5.82 Å². The number of nitrogen functional groups attached to an aromatic ring is 1. The molecule has 3 nitrogen and oxygen atoms in total. The molecule has 0 amide bonds. The van der Waals surface area contributed by atoms with E-state index in [1.54, 1.807) is 6.07 Å². The van der Waals surface area contributed by atoms with E-state index in [2.05, 4.69) is 0 Å². The van der Waals surface area contributed by atoms with Crippen molar-refractivity contribution in [2.75, 3.05) is 11.5 Å². The molecule has 7 heteroatoms. The zero-order chi connectivity index (χ0) is 15.7. The average Bonchev–Trinajstić information content (AvgIpc) is 2.37. The number of alkyl halides is 2. The van der Waals surface area contributed by atoms with Crippen LogP contribution in [0.5, 0.6) is 0 Å². The van der Waals surface area contributed by atoms with Gasteiger partial charge < -0.3 is 5.73 Å². The van der Waals surface area contributed by atoms with Crippen molar-refractivity contribution in [2.45, 2.75) is 10.8 Å². The molecular weight excluding hydrogens is 303 g/mol. The van der Waals surface area contributed by atoms with E-state index in [0.29, 0.717) is 6.07 Å². The predicted molar refractivity (Wildman–Crippen MR) is 73.2 cm³/mol. The molecule has 2 rings (SSSR count). The van der Waals surface area contributed by atoms with Crippen LogP contribution in [0.2, 0.25) is 0 Å². The van der Waals surface area contributed by atoms with Crippen molar-refractivity contribution in [3.8, 4) is 0 Å². The third kappa shape index (κ3) is 3.55. The highest BCUT2D eigenvalue weighted by atomic mass is 32.2. The lowest BCUT2D eigenvalue weighted by Crippen LogP contribution is -2.25. The van der Waals surface area contributed by atoms with Crippen molar-refractivity contribution in [1.29, 1.82) is 0 Å². The van der Waals surface area contributed by atoms with Crippen LogP contribution in [0.3, 0.4) is 0 Å². The van der Waals surface area contributed by atoms with Crippen LogP contribution in [0.4, 0.5) is 18.9 Å². The second-order valence-electron chi connectivity index (χ2n) is 4.55. The molecule has 112 valence electrons. The van der Waals surface area contributed by atoms with E-state index in [9.17, 15) is 21.6 Å². The first-order valence-electron chi connectivity index (χ1n) is 5.93. The zero-order valence-corrected chi connectivity index (χ0v) is 11.6. The normalized spacial score (nSPS) is 12.3. The van der Waals surface area contributed by atoms with Gasteiger partial charge in [0.05, 0.1) is 4.90 Å². The van der Waals surface area contributed by atoms with E-state index >= 15 is 0 Å². The van der Waals surface area contributed by atoms with Crippen molar-refractivity contribution in [3.05, 3.63) is 59.9 Å². The van der Waals surface area contributed by atoms with Crippen molar-refractivity contribution < 1.29 is 21.6 Å². The predicted octanol–water partition coefficient (Wildman–Crippen LogP) is 2.97. The molecule has 2 aromatic rings. The highest BCUT2D eigenvalue weighted by molar-refractivity contribution is 7.91. The summed E-state index contributed by atoms with van der Waals surface area (Å²) in [4.78, 5) is -0.560. The minimum atomic E-state index is -4.38. The quantitative estimate of drug-likeness (QED) is 0.882. The number of sulfone groups is 1. The molecule has 0 fully saturated rings. The van der Waals surface area contributed by atoms with Crippen molar-refractivity contribution in [1.82, 2.24) is 0 Å². The standard InChI is InChI=1S/C14H12F3NO2S/c15-11-6-12(18)8-13(7-11)21(19,20)9-14(16,17)10-4-2-1-3-5-10/h1-8H,9,18H2. The second-order valence-corrected chi connectivity index (χ2v) is 6.54. The van der Waals surface area contributed by atoms with Gasteiger partial charge in [-0.3, -0.25) is 0 Å². The molecule has 0 bridgehead atoms. The molecule has 0 unspecified atom stereocenters. The maximum Gasteiger partial charge on any atom is 0.287 e. The van der Waals surface area contributed by atoms with Gasteiger partial charge in [0.15, 0.2) is 9.84 Å². The molecule has 0 aromatic heterocycles. The van der Waals surface area contributed by atoms with Gasteiger partial charge in [0, 0.05) is 11.3 Å². The molecule has 0 aliphatic carbocycles. The van der Waals surface area contributed by atoms with Gasteiger partial charge in [0.1, 0.15) is 11.6 Å². The SMILES string of the molecule is Nc1cc(F)cc(S(=O)(=O)CC(F)(F)c2ccccc2)c1. The molecule has 0 aliphatic heterocycles. The van der Waals surface area contributed by atoms with Gasteiger partial charge in [0.25, 0.3) is 5.92 Å². The summed E-state index contributed by atoms with van der Waals surface area (Å²) >= 11 is 0. The Kier molecular flexibility index (Phi) is 3.95. The fourth-order valence-electron chi connectivity index (χ4n) is 1.85. The molecule has 2 N–H and O–H groups in total. The molecule has 0 saturated heterocycles. The number of nitrogens with two attached hydrogens (primary N) is 1. The average molecular weight is 315 g/mol. The van der Waals surface area contributed by atoms with Crippen molar-refractivity contribution >= 4 is 15.5 Å². The summed E-state index contributed by atoms with van der Waals surface area (Å²) in [6.45, 7) is 0. The maximum atomic E-state index is 14.0. The monoisotopic (exact) mass is 315 g/mol. The summed E-state index contributed by atoms with van der Waals surface area (Å²) in [5, 5.41) is 0. The second kappa shape index (κ2) is 5.40. The van der Waals surface area contributed by atoms with E-state index in [1.165, 1.54) is 12.1 Å². The van der Waals surface area contributed by atoms with Crippen LogP contribution in [0.25, 0.3) is 0 Å². The fraction of sp³-hybridized carbons (Fsp3) is 0.143. The third-order valence-corrected chi connectivity index (χ3v) is 4.52. The van der Waals surface area contributed by atoms with E-state index in [0.717, 1.165) is 24.3 Å². The first-order chi connectivity index (χ1) is 9.71. The number of hydrogen-bond acceptors (Lipinski definition) is 3. The number of halogens is 3. The van der Waals surface area contributed by atoms with Gasteiger partial charge in [-0.05, 0) is 18.2 Å². The van der Waals surface area contributed by atoms with Gasteiger partial charge in [-0.15, -0.1) is 0 Å². The molecule has 21 heavy (non-hydrogen) atoms. The highest BCUT2D eigenvalue weighted by Crippen LogP contribution is 2.32. The van der Waals surface area contributed by atoms with Crippen LogP contribution in [0.15, 0.2) is 53.4 Å². The van der Waals surface area contributed by atoms with Gasteiger partial charge >= 0.3 is 0 Å². The summed E-state index contributed by atoms with van der Waals surface area (Å²) in [5.74, 6) is -5.93. The Labute approximate surface area is 120 Å². The molecule has 0 aliphatic rings. The molecule has 0 radical (unpaired) electrons. The molecule has 0 saturated carbocycles. The van der Waals surface area contributed by atoms with E-state index in [4.69, 9.17) is 5.73 Å². The number of anilines is 1. The Morgan fingerprint density at radius 3 is 2.24 bits per heavy atom. The molecule has 2 aromatic carbocycles. The summed E-state index contributed by atoms with van der Waals surface area (Å²) < 4.78 is 65.3. The van der Waals surface area contributed by atoms with Crippen LogP contribution >= 0.6 is 0 Å². The molecular formula is C14H12F3NO2S. The van der Waals surface area contributed by atoms with Crippen LogP contribution < -0.4 is 5.73 Å². The third-order valence-electron chi connectivity index (χ3n) is 2.82. The topological polar surface area (TPSA) is 60.2 Å². The number of benzene rings is 2. The number of hydrogen-bond donors (Lipinski definition) is 1. The fourth-order valence-corrected chi connectivity index (χ4v) is 3.27. The van der Waals surface area contributed by atoms with Crippen molar-refractivity contribution in [2.24, 2.45) is 0 Å². The van der Waals surface area contributed by atoms with Gasteiger partial charge in [0.2, 0.25) is 0 Å². The van der Waals surface area contributed by atoms with Crippen LogP contribution in [0.1, 0.15) is 5.56 Å². The lowest BCUT2D eigenvalue weighted by Gasteiger charge is -2.17. The lowest BCUT2D eigenvalue weighted by atomic mass is 10.1.